The summed E-state index contributed by atoms with van der Waals surface area (Å²) < 4.78 is 16.9. The van der Waals surface area contributed by atoms with Crippen LogP contribution < -0.4 is 9.47 Å². The number of carbonyl (C=O) groups excluding carboxylic acids is 2. The van der Waals surface area contributed by atoms with Gasteiger partial charge in [0.25, 0.3) is 11.7 Å². The largest absolute Gasteiger partial charge is 0.507 e. The minimum atomic E-state index is -0.748. The molecule has 7 nitrogen and oxygen atoms in total. The Morgan fingerprint density at radius 1 is 1.17 bits per heavy atom. The molecule has 0 saturated carbocycles. The number of likely N-dealkylation sites (tertiary alicyclic amines) is 1. The second-order valence-electron chi connectivity index (χ2n) is 9.54. The van der Waals surface area contributed by atoms with E-state index < -0.39 is 17.7 Å². The first-order chi connectivity index (χ1) is 16.8. The van der Waals surface area contributed by atoms with Gasteiger partial charge < -0.3 is 24.2 Å². The first kappa shape index (κ1) is 24.8. The van der Waals surface area contributed by atoms with Gasteiger partial charge in [-0.15, -0.1) is 0 Å². The Balaban J connectivity index is 1.75. The van der Waals surface area contributed by atoms with E-state index in [4.69, 9.17) is 14.2 Å². The lowest BCUT2D eigenvalue weighted by molar-refractivity contribution is -0.140. The molecule has 0 aromatic heterocycles. The molecule has 0 unspecified atom stereocenters. The first-order valence-electron chi connectivity index (χ1n) is 12.1. The van der Waals surface area contributed by atoms with Crippen molar-refractivity contribution in [3.63, 3.8) is 0 Å². The lowest BCUT2D eigenvalue weighted by Gasteiger charge is -2.25. The van der Waals surface area contributed by atoms with Crippen molar-refractivity contribution in [1.82, 2.24) is 4.90 Å². The predicted molar refractivity (Wildman–Crippen MR) is 133 cm³/mol. The molecule has 0 radical (unpaired) electrons. The molecule has 2 atom stereocenters. The highest BCUT2D eigenvalue weighted by atomic mass is 16.5. The lowest BCUT2D eigenvalue weighted by atomic mass is 9.94. The van der Waals surface area contributed by atoms with E-state index in [0.717, 1.165) is 24.2 Å². The van der Waals surface area contributed by atoms with Gasteiger partial charge in [-0.05, 0) is 60.7 Å². The molecule has 0 aliphatic carbocycles. The van der Waals surface area contributed by atoms with Crippen molar-refractivity contribution in [3.8, 4) is 11.5 Å². The molecular formula is C28H33NO6. The molecule has 1 amide bonds. The summed E-state index contributed by atoms with van der Waals surface area (Å²) in [5, 5.41) is 11.3. The van der Waals surface area contributed by atoms with Crippen LogP contribution in [0.1, 0.15) is 49.9 Å². The van der Waals surface area contributed by atoms with Crippen LogP contribution in [0.15, 0.2) is 48.0 Å². The van der Waals surface area contributed by atoms with Crippen molar-refractivity contribution in [3.05, 3.63) is 64.7 Å². The summed E-state index contributed by atoms with van der Waals surface area (Å²) in [5.74, 6) is 0.390. The Morgan fingerprint density at radius 2 is 1.97 bits per heavy atom. The van der Waals surface area contributed by atoms with Gasteiger partial charge in [0.1, 0.15) is 23.4 Å². The Morgan fingerprint density at radius 3 is 2.71 bits per heavy atom. The van der Waals surface area contributed by atoms with Gasteiger partial charge in [0.05, 0.1) is 24.8 Å². The number of rotatable bonds is 9. The number of aliphatic hydroxyl groups is 1. The van der Waals surface area contributed by atoms with Gasteiger partial charge in [0.2, 0.25) is 0 Å². The zero-order chi connectivity index (χ0) is 25.1. The third kappa shape index (κ3) is 5.20. The highest BCUT2D eigenvalue weighted by molar-refractivity contribution is 6.46. The summed E-state index contributed by atoms with van der Waals surface area (Å²) in [7, 11) is 1.54. The van der Waals surface area contributed by atoms with Crippen LogP contribution in [0.5, 0.6) is 11.5 Å². The van der Waals surface area contributed by atoms with Crippen LogP contribution in [0.2, 0.25) is 0 Å². The number of ether oxygens (including phenoxy) is 3. The molecule has 1 N–H and O–H groups in total. The van der Waals surface area contributed by atoms with Crippen LogP contribution in [-0.2, 0) is 20.7 Å². The van der Waals surface area contributed by atoms with E-state index in [9.17, 15) is 14.7 Å². The Labute approximate surface area is 206 Å². The molecule has 1 saturated heterocycles. The molecule has 2 heterocycles. The van der Waals surface area contributed by atoms with E-state index >= 15 is 0 Å². The van der Waals surface area contributed by atoms with Crippen LogP contribution in [0.25, 0.3) is 5.76 Å². The summed E-state index contributed by atoms with van der Waals surface area (Å²) in [6, 6.07) is 12.0. The summed E-state index contributed by atoms with van der Waals surface area (Å²) >= 11 is 0. The maximum atomic E-state index is 13.2. The molecular weight excluding hydrogens is 446 g/mol. The number of ketones is 1. The van der Waals surface area contributed by atoms with Gasteiger partial charge in [0.15, 0.2) is 0 Å². The van der Waals surface area contributed by atoms with E-state index in [1.165, 1.54) is 4.90 Å². The molecule has 35 heavy (non-hydrogen) atoms. The van der Waals surface area contributed by atoms with Crippen LogP contribution in [0.3, 0.4) is 0 Å². The second-order valence-corrected chi connectivity index (χ2v) is 9.54. The van der Waals surface area contributed by atoms with Gasteiger partial charge >= 0.3 is 0 Å². The average Bonchev–Trinajstić information content (AvgIpc) is 3.32. The smallest absolute Gasteiger partial charge is 0.295 e. The number of carbonyl (C=O) groups is 2. The fourth-order valence-electron chi connectivity index (χ4n) is 4.56. The standard InChI is InChI=1S/C28H33NO6/c1-17(2)10-12-34-22-7-5-6-19(16-22)25-24(27(31)28(32)29(25)11-13-33-4)26(30)20-8-9-23-21(15-20)14-18(3)35-23/h5-9,15-18,25,30H,10-14H2,1-4H3/t18-,25+/m0/s1. The van der Waals surface area contributed by atoms with Gasteiger partial charge in [0, 0.05) is 25.6 Å². The van der Waals surface area contributed by atoms with Crippen molar-refractivity contribution in [2.75, 3.05) is 26.9 Å². The highest BCUT2D eigenvalue weighted by Crippen LogP contribution is 2.41. The monoisotopic (exact) mass is 479 g/mol. The van der Waals surface area contributed by atoms with Crippen LogP contribution in [0, 0.1) is 5.92 Å². The molecule has 2 aliphatic heterocycles. The number of hydrogen-bond acceptors (Lipinski definition) is 6. The SMILES string of the molecule is COCCN1C(=O)C(=O)C(=C(O)c2ccc3c(c2)C[C@H](C)O3)[C@H]1c1cccc(OCCC(C)C)c1. The Hall–Kier alpha value is -3.32. The number of aliphatic hydroxyl groups excluding tert-OH is 1. The topological polar surface area (TPSA) is 85.3 Å². The van der Waals surface area contributed by atoms with E-state index in [-0.39, 0.29) is 30.6 Å². The third-order valence-electron chi connectivity index (χ3n) is 6.38. The van der Waals surface area contributed by atoms with Crippen molar-refractivity contribution < 1.29 is 28.9 Å². The van der Waals surface area contributed by atoms with E-state index in [0.29, 0.717) is 29.4 Å². The van der Waals surface area contributed by atoms with Crippen molar-refractivity contribution in [1.29, 1.82) is 0 Å². The normalized spacial score (nSPS) is 20.9. The fourth-order valence-corrected chi connectivity index (χ4v) is 4.56. The summed E-state index contributed by atoms with van der Waals surface area (Å²) in [6.45, 7) is 7.31. The molecule has 0 spiro atoms. The molecule has 4 rings (SSSR count). The average molecular weight is 480 g/mol. The highest BCUT2D eigenvalue weighted by Gasteiger charge is 2.46. The molecule has 1 fully saturated rings. The molecule has 2 aromatic rings. The Bertz CT molecular complexity index is 1140. The second kappa shape index (κ2) is 10.5. The van der Waals surface area contributed by atoms with Gasteiger partial charge in [-0.3, -0.25) is 9.59 Å². The maximum Gasteiger partial charge on any atom is 0.295 e. The number of Topliss-reactive ketones (excluding diaryl/α,β-unsaturated/α-hetero) is 1. The first-order valence-corrected chi connectivity index (χ1v) is 12.1. The number of fused-ring (bicyclic) bond motifs is 1. The van der Waals surface area contributed by atoms with E-state index in [1.54, 1.807) is 19.2 Å². The molecule has 7 heteroatoms. The number of methoxy groups -OCH3 is 1. The zero-order valence-corrected chi connectivity index (χ0v) is 20.7. The molecule has 2 aliphatic rings. The van der Waals surface area contributed by atoms with Crippen molar-refractivity contribution in [2.24, 2.45) is 5.92 Å². The van der Waals surface area contributed by atoms with Gasteiger partial charge in [-0.25, -0.2) is 0 Å². The fraction of sp³-hybridized carbons (Fsp3) is 0.429. The minimum absolute atomic E-state index is 0.0560. The molecule has 186 valence electrons. The number of hydrogen-bond donors (Lipinski definition) is 1. The maximum absolute atomic E-state index is 13.2. The predicted octanol–water partition coefficient (Wildman–Crippen LogP) is 4.50. The van der Waals surface area contributed by atoms with Crippen molar-refractivity contribution in [2.45, 2.75) is 45.8 Å². The third-order valence-corrected chi connectivity index (χ3v) is 6.38. The lowest BCUT2D eigenvalue weighted by Crippen LogP contribution is -2.32. The van der Waals surface area contributed by atoms with Crippen molar-refractivity contribution >= 4 is 17.4 Å². The van der Waals surface area contributed by atoms with Crippen LogP contribution in [0.4, 0.5) is 0 Å². The summed E-state index contributed by atoms with van der Waals surface area (Å²) in [6.07, 6.45) is 1.69. The number of nitrogens with zero attached hydrogens (tertiary/aromatic N) is 1. The van der Waals surface area contributed by atoms with E-state index in [2.05, 4.69) is 13.8 Å². The number of amides is 1. The Kier molecular flexibility index (Phi) is 7.45. The molecule has 2 aromatic carbocycles. The van der Waals surface area contributed by atoms with Crippen LogP contribution in [-0.4, -0.2) is 54.7 Å². The minimum Gasteiger partial charge on any atom is -0.507 e. The zero-order valence-electron chi connectivity index (χ0n) is 20.7. The van der Waals surface area contributed by atoms with Gasteiger partial charge in [-0.2, -0.15) is 0 Å². The van der Waals surface area contributed by atoms with Gasteiger partial charge in [-0.1, -0.05) is 26.0 Å². The molecule has 0 bridgehead atoms. The summed E-state index contributed by atoms with van der Waals surface area (Å²) in [5.41, 5.74) is 2.21. The van der Waals surface area contributed by atoms with Crippen LogP contribution >= 0.6 is 0 Å². The number of benzene rings is 2. The summed E-state index contributed by atoms with van der Waals surface area (Å²) in [4.78, 5) is 27.7. The quantitative estimate of drug-likeness (QED) is 0.324. The van der Waals surface area contributed by atoms with E-state index in [1.807, 2.05) is 37.3 Å².